The summed E-state index contributed by atoms with van der Waals surface area (Å²) in [4.78, 5) is 28.8. The van der Waals surface area contributed by atoms with Crippen molar-refractivity contribution in [2.24, 2.45) is 0 Å². The first-order chi connectivity index (χ1) is 13.7. The first-order valence-corrected chi connectivity index (χ1v) is 9.21. The second-order valence-electron chi connectivity index (χ2n) is 6.69. The lowest BCUT2D eigenvalue weighted by Gasteiger charge is -2.20. The van der Waals surface area contributed by atoms with Gasteiger partial charge in [-0.15, -0.1) is 0 Å². The molecule has 0 aliphatic carbocycles. The van der Waals surface area contributed by atoms with Gasteiger partial charge in [0.25, 0.3) is 5.56 Å². The average molecular weight is 368 g/mol. The Bertz CT molecular complexity index is 1090. The molecule has 1 N–H and O–H groups in total. The van der Waals surface area contributed by atoms with Crippen molar-refractivity contribution in [2.45, 2.75) is 12.5 Å². The number of H-pyrrole nitrogens is 1. The minimum absolute atomic E-state index is 0.313. The van der Waals surface area contributed by atoms with Crippen LogP contribution in [-0.4, -0.2) is 9.55 Å². The van der Waals surface area contributed by atoms with E-state index in [2.05, 4.69) is 4.98 Å². The minimum atomic E-state index is -0.482. The van der Waals surface area contributed by atoms with Gasteiger partial charge in [-0.25, -0.2) is 9.36 Å². The smallest absolute Gasteiger partial charge is 0.311 e. The van der Waals surface area contributed by atoms with Crippen molar-refractivity contribution in [1.29, 1.82) is 0 Å². The van der Waals surface area contributed by atoms with Crippen LogP contribution in [0.2, 0.25) is 0 Å². The highest BCUT2D eigenvalue weighted by molar-refractivity contribution is 5.33. The summed E-state index contributed by atoms with van der Waals surface area (Å²) in [6.07, 6.45) is 0.507. The van der Waals surface area contributed by atoms with Crippen LogP contribution in [0.4, 0.5) is 0 Å². The van der Waals surface area contributed by atoms with Gasteiger partial charge in [0.2, 0.25) is 0 Å². The largest absolute Gasteiger partial charge is 0.329 e. The van der Waals surface area contributed by atoms with Gasteiger partial charge in [-0.1, -0.05) is 91.0 Å². The van der Waals surface area contributed by atoms with E-state index in [4.69, 9.17) is 0 Å². The van der Waals surface area contributed by atoms with Crippen LogP contribution in [0.1, 0.15) is 28.4 Å². The van der Waals surface area contributed by atoms with Crippen molar-refractivity contribution in [1.82, 2.24) is 9.55 Å². The predicted molar refractivity (Wildman–Crippen MR) is 111 cm³/mol. The third kappa shape index (κ3) is 3.71. The van der Waals surface area contributed by atoms with Crippen LogP contribution in [0.3, 0.4) is 0 Å². The molecule has 0 spiro atoms. The number of benzene rings is 3. The number of aromatic nitrogens is 2. The van der Waals surface area contributed by atoms with Gasteiger partial charge >= 0.3 is 5.69 Å². The van der Waals surface area contributed by atoms with Crippen molar-refractivity contribution >= 4 is 0 Å². The molecule has 4 nitrogen and oxygen atoms in total. The highest BCUT2D eigenvalue weighted by Gasteiger charge is 2.20. The minimum Gasteiger partial charge on any atom is -0.311 e. The molecule has 3 aromatic carbocycles. The summed E-state index contributed by atoms with van der Waals surface area (Å²) in [5, 5.41) is 0. The Balaban J connectivity index is 1.81. The van der Waals surface area contributed by atoms with E-state index in [1.165, 1.54) is 10.6 Å². The third-order valence-electron chi connectivity index (χ3n) is 4.75. The molecule has 0 fully saturated rings. The van der Waals surface area contributed by atoms with Gasteiger partial charge in [-0.3, -0.25) is 4.79 Å². The van der Waals surface area contributed by atoms with Crippen LogP contribution in [-0.2, 0) is 6.42 Å². The highest BCUT2D eigenvalue weighted by atomic mass is 16.2. The van der Waals surface area contributed by atoms with Gasteiger partial charge in [-0.05, 0) is 16.7 Å². The lowest BCUT2D eigenvalue weighted by atomic mass is 9.98. The maximum Gasteiger partial charge on any atom is 0.329 e. The summed E-state index contributed by atoms with van der Waals surface area (Å²) in [6, 6.07) is 30.0. The van der Waals surface area contributed by atoms with Crippen molar-refractivity contribution in [3.8, 4) is 0 Å². The van der Waals surface area contributed by atoms with E-state index in [9.17, 15) is 9.59 Å². The summed E-state index contributed by atoms with van der Waals surface area (Å²) < 4.78 is 1.29. The molecular weight excluding hydrogens is 348 g/mol. The number of nitrogens with zero attached hydrogens (tertiary/aromatic N) is 1. The van der Waals surface area contributed by atoms with Gasteiger partial charge in [0.15, 0.2) is 0 Å². The molecule has 0 unspecified atom stereocenters. The van der Waals surface area contributed by atoms with E-state index in [0.29, 0.717) is 12.1 Å². The van der Waals surface area contributed by atoms with Gasteiger partial charge in [-0.2, -0.15) is 0 Å². The highest BCUT2D eigenvalue weighted by Crippen LogP contribution is 2.24. The molecule has 0 atom stereocenters. The fourth-order valence-corrected chi connectivity index (χ4v) is 3.47. The second kappa shape index (κ2) is 7.92. The number of nitrogens with one attached hydrogen (secondary N) is 1. The van der Waals surface area contributed by atoms with Crippen LogP contribution >= 0.6 is 0 Å². The lowest BCUT2D eigenvalue weighted by molar-refractivity contribution is 0.604. The van der Waals surface area contributed by atoms with Gasteiger partial charge < -0.3 is 4.98 Å². The summed E-state index contributed by atoms with van der Waals surface area (Å²) >= 11 is 0. The molecule has 138 valence electrons. The Morgan fingerprint density at radius 2 is 1.21 bits per heavy atom. The molecule has 28 heavy (non-hydrogen) atoms. The summed E-state index contributed by atoms with van der Waals surface area (Å²) in [7, 11) is 0. The van der Waals surface area contributed by atoms with Crippen LogP contribution in [0.25, 0.3) is 0 Å². The maximum atomic E-state index is 13.0. The van der Waals surface area contributed by atoms with E-state index < -0.39 is 11.7 Å². The molecule has 0 saturated carbocycles. The van der Waals surface area contributed by atoms with Crippen molar-refractivity contribution in [3.05, 3.63) is 140 Å². The Hall–Kier alpha value is -3.66. The van der Waals surface area contributed by atoms with E-state index in [1.54, 1.807) is 0 Å². The van der Waals surface area contributed by atoms with Gasteiger partial charge in [0, 0.05) is 18.2 Å². The Morgan fingerprint density at radius 1 is 0.714 bits per heavy atom. The van der Waals surface area contributed by atoms with Crippen molar-refractivity contribution < 1.29 is 0 Å². The molecule has 0 saturated heterocycles. The topological polar surface area (TPSA) is 54.9 Å². The number of aromatic amines is 1. The molecule has 0 bridgehead atoms. The first kappa shape index (κ1) is 17.7. The van der Waals surface area contributed by atoms with Crippen molar-refractivity contribution in [2.75, 3.05) is 0 Å². The molecule has 0 amide bonds. The Morgan fingerprint density at radius 3 is 1.71 bits per heavy atom. The Labute approximate surface area is 162 Å². The fraction of sp³-hybridized carbons (Fsp3) is 0.0833. The molecule has 4 rings (SSSR count). The lowest BCUT2D eigenvalue weighted by Crippen LogP contribution is -2.39. The van der Waals surface area contributed by atoms with Crippen molar-refractivity contribution in [3.63, 3.8) is 0 Å². The zero-order valence-corrected chi connectivity index (χ0v) is 15.3. The zero-order chi connectivity index (χ0) is 19.3. The molecule has 0 radical (unpaired) electrons. The van der Waals surface area contributed by atoms with Gasteiger partial charge in [0.1, 0.15) is 0 Å². The summed E-state index contributed by atoms with van der Waals surface area (Å²) in [5.41, 5.74) is 2.70. The molecular formula is C24H20N2O2. The summed E-state index contributed by atoms with van der Waals surface area (Å²) in [6.45, 7) is 0. The summed E-state index contributed by atoms with van der Waals surface area (Å²) in [5.74, 6) is 0. The monoisotopic (exact) mass is 368 g/mol. The van der Waals surface area contributed by atoms with Crippen LogP contribution in [0.5, 0.6) is 0 Å². The maximum absolute atomic E-state index is 13.0. The molecule has 4 heteroatoms. The van der Waals surface area contributed by atoms with Crippen LogP contribution in [0.15, 0.2) is 107 Å². The van der Waals surface area contributed by atoms with Gasteiger partial charge in [0.05, 0.1) is 6.04 Å². The number of rotatable bonds is 5. The first-order valence-electron chi connectivity index (χ1n) is 9.21. The SMILES string of the molecule is O=c1cc(Cc2ccccc2)[nH]c(=O)n1C(c1ccccc1)c1ccccc1. The predicted octanol–water partition coefficient (Wildman–Crippen LogP) is 3.77. The second-order valence-corrected chi connectivity index (χ2v) is 6.69. The quantitative estimate of drug-likeness (QED) is 0.583. The van der Waals surface area contributed by atoms with Crippen LogP contribution < -0.4 is 11.2 Å². The zero-order valence-electron chi connectivity index (χ0n) is 15.3. The van der Waals surface area contributed by atoms with E-state index in [0.717, 1.165) is 16.7 Å². The molecule has 4 aromatic rings. The number of hydrogen-bond donors (Lipinski definition) is 1. The molecule has 1 aromatic heterocycles. The Kier molecular flexibility index (Phi) is 5.02. The fourth-order valence-electron chi connectivity index (χ4n) is 3.47. The van der Waals surface area contributed by atoms with Crippen LogP contribution in [0, 0.1) is 0 Å². The van der Waals surface area contributed by atoms with E-state index in [1.807, 2.05) is 91.0 Å². The van der Waals surface area contributed by atoms with E-state index >= 15 is 0 Å². The van der Waals surface area contributed by atoms with E-state index in [-0.39, 0.29) is 5.56 Å². The molecule has 1 heterocycles. The molecule has 0 aliphatic rings. The number of hydrogen-bond acceptors (Lipinski definition) is 2. The average Bonchev–Trinajstić information content (AvgIpc) is 2.73. The normalized spacial score (nSPS) is 10.9. The molecule has 0 aliphatic heterocycles. The standard InChI is InChI=1S/C24H20N2O2/c27-22-17-21(16-18-10-4-1-5-11-18)25-24(28)26(22)23(19-12-6-2-7-13-19)20-14-8-3-9-15-20/h1-15,17,23H,16H2,(H,25,28). The third-order valence-corrected chi connectivity index (χ3v) is 4.75.